The average Bonchev–Trinajstić information content (AvgIpc) is 2.43. The largest absolute Gasteiger partial charge is 0.490 e. The van der Waals surface area contributed by atoms with Gasteiger partial charge in [-0.1, -0.05) is 27.5 Å². The lowest BCUT2D eigenvalue weighted by Crippen LogP contribution is -2.46. The van der Waals surface area contributed by atoms with Crippen molar-refractivity contribution >= 4 is 27.5 Å². The molecule has 1 saturated heterocycles. The third-order valence-electron chi connectivity index (χ3n) is 3.43. The van der Waals surface area contributed by atoms with Gasteiger partial charge in [0.05, 0.1) is 30.4 Å². The minimum Gasteiger partial charge on any atom is -0.490 e. The quantitative estimate of drug-likeness (QED) is 0.663. The van der Waals surface area contributed by atoms with Crippen LogP contribution in [0.15, 0.2) is 22.7 Å². The van der Waals surface area contributed by atoms with Crippen molar-refractivity contribution in [3.8, 4) is 5.75 Å². The Balaban J connectivity index is 1.57. The van der Waals surface area contributed by atoms with Crippen LogP contribution in [0.25, 0.3) is 0 Å². The summed E-state index contributed by atoms with van der Waals surface area (Å²) in [6.45, 7) is 8.85. The minimum atomic E-state index is 0.298. The van der Waals surface area contributed by atoms with Gasteiger partial charge in [-0.3, -0.25) is 4.90 Å². The molecule has 1 heterocycles. The van der Waals surface area contributed by atoms with Crippen LogP contribution in [0.1, 0.15) is 13.8 Å². The molecule has 1 aliphatic rings. The van der Waals surface area contributed by atoms with Crippen molar-refractivity contribution in [2.45, 2.75) is 26.1 Å². The molecule has 0 aliphatic carbocycles. The van der Waals surface area contributed by atoms with Crippen molar-refractivity contribution in [2.75, 3.05) is 39.5 Å². The van der Waals surface area contributed by atoms with Crippen molar-refractivity contribution in [1.29, 1.82) is 0 Å². The second-order valence-electron chi connectivity index (χ2n) is 5.55. The van der Waals surface area contributed by atoms with Gasteiger partial charge in [-0.2, -0.15) is 0 Å². The molecule has 4 nitrogen and oxygen atoms in total. The zero-order valence-corrected chi connectivity index (χ0v) is 15.4. The van der Waals surface area contributed by atoms with Gasteiger partial charge in [0, 0.05) is 24.1 Å². The molecule has 0 bridgehead atoms. The molecular weight excluding hydrogens is 370 g/mol. The summed E-state index contributed by atoms with van der Waals surface area (Å²) in [5, 5.41) is 0.602. The van der Waals surface area contributed by atoms with Crippen LogP contribution >= 0.6 is 27.5 Å². The van der Waals surface area contributed by atoms with Gasteiger partial charge in [-0.15, -0.1) is 0 Å². The molecule has 124 valence electrons. The Morgan fingerprint density at radius 2 is 1.95 bits per heavy atom. The van der Waals surface area contributed by atoms with E-state index in [0.717, 1.165) is 24.1 Å². The molecule has 0 radical (unpaired) electrons. The first-order valence-electron chi connectivity index (χ1n) is 7.58. The molecule has 1 fully saturated rings. The lowest BCUT2D eigenvalue weighted by molar-refractivity contribution is -0.0734. The number of hydrogen-bond acceptors (Lipinski definition) is 4. The van der Waals surface area contributed by atoms with Crippen LogP contribution in [0, 0.1) is 0 Å². The fourth-order valence-corrected chi connectivity index (χ4v) is 3.29. The molecule has 1 aromatic carbocycles. The van der Waals surface area contributed by atoms with Crippen LogP contribution in [-0.4, -0.2) is 56.6 Å². The Labute approximate surface area is 145 Å². The summed E-state index contributed by atoms with van der Waals surface area (Å²) in [7, 11) is 0. The van der Waals surface area contributed by atoms with Crippen LogP contribution in [0.3, 0.4) is 0 Å². The van der Waals surface area contributed by atoms with Crippen LogP contribution in [0.5, 0.6) is 5.75 Å². The monoisotopic (exact) mass is 391 g/mol. The Morgan fingerprint density at radius 3 is 2.64 bits per heavy atom. The van der Waals surface area contributed by atoms with Gasteiger partial charge < -0.3 is 14.2 Å². The van der Waals surface area contributed by atoms with Crippen LogP contribution in [0.4, 0.5) is 0 Å². The van der Waals surface area contributed by atoms with Crippen LogP contribution < -0.4 is 4.74 Å². The van der Waals surface area contributed by atoms with Crippen molar-refractivity contribution in [3.63, 3.8) is 0 Å². The second-order valence-corrected chi connectivity index (χ2v) is 6.88. The summed E-state index contributed by atoms with van der Waals surface area (Å²) < 4.78 is 17.9. The number of hydrogen-bond donors (Lipinski definition) is 0. The highest BCUT2D eigenvalue weighted by Crippen LogP contribution is 2.27. The fourth-order valence-electron chi connectivity index (χ4n) is 2.57. The third-order valence-corrected chi connectivity index (χ3v) is 4.21. The molecule has 0 saturated carbocycles. The predicted octanol–water partition coefficient (Wildman–Crippen LogP) is 3.61. The topological polar surface area (TPSA) is 30.9 Å². The molecule has 0 amide bonds. The van der Waals surface area contributed by atoms with E-state index in [1.165, 1.54) is 0 Å². The number of morpholine rings is 1. The lowest BCUT2D eigenvalue weighted by Gasteiger charge is -2.35. The molecule has 2 atom stereocenters. The standard InChI is InChI=1S/C16H23BrClNO3/c1-12-10-19(11-13(2)22-12)5-6-20-7-8-21-16-4-3-14(17)9-15(16)18/h3-4,9,12-13H,5-8,10-11H2,1-2H3/t12-,13-/m1/s1. The molecule has 0 spiro atoms. The highest BCUT2D eigenvalue weighted by Gasteiger charge is 2.21. The van der Waals surface area contributed by atoms with E-state index in [1.807, 2.05) is 18.2 Å². The molecule has 0 unspecified atom stereocenters. The molecule has 1 aromatic rings. The Kier molecular flexibility index (Phi) is 7.44. The highest BCUT2D eigenvalue weighted by atomic mass is 79.9. The normalized spacial score (nSPS) is 22.7. The van der Waals surface area contributed by atoms with Gasteiger partial charge in [-0.25, -0.2) is 0 Å². The molecule has 6 heteroatoms. The number of rotatable bonds is 7. The molecule has 1 aliphatic heterocycles. The first-order valence-corrected chi connectivity index (χ1v) is 8.75. The maximum absolute atomic E-state index is 6.08. The Bertz CT molecular complexity index is 465. The summed E-state index contributed by atoms with van der Waals surface area (Å²) in [6.07, 6.45) is 0.596. The number of ether oxygens (including phenoxy) is 3. The van der Waals surface area contributed by atoms with E-state index in [9.17, 15) is 0 Å². The van der Waals surface area contributed by atoms with Crippen molar-refractivity contribution < 1.29 is 14.2 Å². The summed E-state index contributed by atoms with van der Waals surface area (Å²) in [5.41, 5.74) is 0. The van der Waals surface area contributed by atoms with Crippen LogP contribution in [-0.2, 0) is 9.47 Å². The number of benzene rings is 1. The molecule has 2 rings (SSSR count). The maximum atomic E-state index is 6.08. The Morgan fingerprint density at radius 1 is 1.23 bits per heavy atom. The maximum Gasteiger partial charge on any atom is 0.138 e. The van der Waals surface area contributed by atoms with E-state index in [4.69, 9.17) is 25.8 Å². The molecular formula is C16H23BrClNO3. The minimum absolute atomic E-state index is 0.298. The molecule has 0 aromatic heterocycles. The summed E-state index contributed by atoms with van der Waals surface area (Å²) in [4.78, 5) is 2.38. The van der Waals surface area contributed by atoms with Gasteiger partial charge in [-0.05, 0) is 32.0 Å². The first kappa shape index (κ1) is 18.0. The van der Waals surface area contributed by atoms with Gasteiger partial charge in [0.2, 0.25) is 0 Å². The third kappa shape index (κ3) is 6.05. The van der Waals surface area contributed by atoms with Crippen molar-refractivity contribution in [1.82, 2.24) is 4.90 Å². The van der Waals surface area contributed by atoms with Crippen LogP contribution in [0.2, 0.25) is 5.02 Å². The number of halogens is 2. The van der Waals surface area contributed by atoms with E-state index in [1.54, 1.807) is 0 Å². The summed E-state index contributed by atoms with van der Waals surface area (Å²) in [6, 6.07) is 5.57. The average molecular weight is 393 g/mol. The molecule has 22 heavy (non-hydrogen) atoms. The summed E-state index contributed by atoms with van der Waals surface area (Å²) in [5.74, 6) is 0.685. The van der Waals surface area contributed by atoms with Gasteiger partial charge in [0.1, 0.15) is 12.4 Å². The lowest BCUT2D eigenvalue weighted by atomic mass is 10.2. The van der Waals surface area contributed by atoms with E-state index in [2.05, 4.69) is 34.7 Å². The van der Waals surface area contributed by atoms with Gasteiger partial charge >= 0.3 is 0 Å². The van der Waals surface area contributed by atoms with E-state index in [0.29, 0.717) is 42.8 Å². The smallest absolute Gasteiger partial charge is 0.138 e. The van der Waals surface area contributed by atoms with Gasteiger partial charge in [0.15, 0.2) is 0 Å². The zero-order valence-electron chi connectivity index (χ0n) is 13.1. The second kappa shape index (κ2) is 9.08. The highest BCUT2D eigenvalue weighted by molar-refractivity contribution is 9.10. The van der Waals surface area contributed by atoms with Crippen molar-refractivity contribution in [2.24, 2.45) is 0 Å². The fraction of sp³-hybridized carbons (Fsp3) is 0.625. The number of nitrogens with zero attached hydrogens (tertiary/aromatic N) is 1. The van der Waals surface area contributed by atoms with Gasteiger partial charge in [0.25, 0.3) is 0 Å². The molecule has 0 N–H and O–H groups in total. The zero-order chi connectivity index (χ0) is 15.9. The Hall–Kier alpha value is -0.330. The first-order chi connectivity index (χ1) is 10.5. The van der Waals surface area contributed by atoms with E-state index < -0.39 is 0 Å². The van der Waals surface area contributed by atoms with E-state index in [-0.39, 0.29) is 0 Å². The van der Waals surface area contributed by atoms with E-state index >= 15 is 0 Å². The predicted molar refractivity (Wildman–Crippen MR) is 91.9 cm³/mol. The summed E-state index contributed by atoms with van der Waals surface area (Å²) >= 11 is 9.45. The SMILES string of the molecule is C[C@@H]1CN(CCOCCOc2ccc(Br)cc2Cl)C[C@@H](C)O1. The van der Waals surface area contributed by atoms with Crippen molar-refractivity contribution in [3.05, 3.63) is 27.7 Å².